The van der Waals surface area contributed by atoms with Crippen molar-refractivity contribution >= 4 is 0 Å². The van der Waals surface area contributed by atoms with E-state index in [4.69, 9.17) is 0 Å². The molecule has 0 aromatic heterocycles. The van der Waals surface area contributed by atoms with Gasteiger partial charge in [0.15, 0.2) is 0 Å². The van der Waals surface area contributed by atoms with Crippen LogP contribution in [-0.4, -0.2) is 24.4 Å². The maximum Gasteiger partial charge on any atom is 0.123 e. The van der Waals surface area contributed by atoms with E-state index in [1.54, 1.807) is 0 Å². The number of nitrogens with one attached hydrogen (secondary N) is 1. The van der Waals surface area contributed by atoms with Crippen LogP contribution in [0.1, 0.15) is 6.42 Å². The van der Waals surface area contributed by atoms with E-state index >= 15 is 0 Å². The van der Waals surface area contributed by atoms with Crippen LogP contribution in [0.15, 0.2) is 0 Å². The third-order valence-electron chi connectivity index (χ3n) is 1.55. The fourth-order valence-electron chi connectivity index (χ4n) is 1.05. The number of hydrogen-bond donors (Lipinski definition) is 1. The summed E-state index contributed by atoms with van der Waals surface area (Å²) in [6.07, 6.45) is 1.28. The van der Waals surface area contributed by atoms with Gasteiger partial charge in [0, 0.05) is 12.5 Å². The molecular weight excluding hydrogens is 102 g/mol. The fraction of sp³-hybridized carbons (Fsp3) is 0.833. The zero-order valence-corrected chi connectivity index (χ0v) is 5.06. The molecule has 0 spiro atoms. The molecule has 1 saturated heterocycles. The van der Waals surface area contributed by atoms with Crippen molar-refractivity contribution in [2.75, 3.05) is 19.7 Å². The van der Waals surface area contributed by atoms with E-state index in [1.807, 2.05) is 0 Å². The minimum absolute atomic E-state index is 0.771. The van der Waals surface area contributed by atoms with Crippen LogP contribution in [0.3, 0.4) is 0 Å². The Morgan fingerprint density at radius 1 is 1.75 bits per heavy atom. The number of ether oxygens (including phenoxy) is 1. The second kappa shape index (κ2) is 3.05. The van der Waals surface area contributed by atoms with Gasteiger partial charge in [-0.2, -0.15) is 0 Å². The van der Waals surface area contributed by atoms with E-state index in [1.165, 1.54) is 13.0 Å². The summed E-state index contributed by atoms with van der Waals surface area (Å²) in [5.74, 6) is 0.771. The summed E-state index contributed by atoms with van der Waals surface area (Å²) in [6, 6.07) is 0. The molecular formula is C6H13NO. The highest BCUT2D eigenvalue weighted by molar-refractivity contribution is 4.69. The van der Waals surface area contributed by atoms with E-state index in [-0.39, 0.29) is 0 Å². The summed E-state index contributed by atoms with van der Waals surface area (Å²) in [5, 5.41) is 3.27. The predicted octanol–water partition coefficient (Wildman–Crippen LogP) is -0.0845. The van der Waals surface area contributed by atoms with Crippen molar-refractivity contribution in [1.82, 2.24) is 5.32 Å². The minimum atomic E-state index is 0.771. The summed E-state index contributed by atoms with van der Waals surface area (Å²) >= 11 is 0. The Morgan fingerprint density at radius 3 is 3.12 bits per heavy atom. The normalized spacial score (nSPS) is 28.9. The molecule has 8 heavy (non-hydrogen) atoms. The molecule has 0 aromatic rings. The third kappa shape index (κ3) is 1.46. The van der Waals surface area contributed by atoms with Crippen LogP contribution in [-0.2, 0) is 0 Å². The average Bonchev–Trinajstić information content (AvgIpc) is 2.19. The highest BCUT2D eigenvalue weighted by Gasteiger charge is 2.14. The summed E-state index contributed by atoms with van der Waals surface area (Å²) in [5.41, 5.74) is 0. The van der Waals surface area contributed by atoms with Crippen molar-refractivity contribution in [3.63, 3.8) is 0 Å². The molecule has 1 rings (SSSR count). The molecule has 0 radical (unpaired) electrons. The Kier molecular flexibility index (Phi) is 2.30. The van der Waals surface area contributed by atoms with Crippen LogP contribution in [0.2, 0.25) is 0 Å². The van der Waals surface area contributed by atoms with E-state index in [0.29, 0.717) is 0 Å². The van der Waals surface area contributed by atoms with Crippen molar-refractivity contribution in [2.24, 2.45) is 5.92 Å². The zero-order valence-electron chi connectivity index (χ0n) is 5.06. The summed E-state index contributed by atoms with van der Waals surface area (Å²) in [6.45, 7) is 3.24. The zero-order chi connectivity index (χ0) is 5.82. The van der Waals surface area contributed by atoms with Gasteiger partial charge in [-0.15, -0.1) is 0 Å². The van der Waals surface area contributed by atoms with Gasteiger partial charge >= 0.3 is 0 Å². The van der Waals surface area contributed by atoms with Crippen LogP contribution >= 0.6 is 0 Å². The molecule has 1 fully saturated rings. The molecule has 2 heteroatoms. The average molecular weight is 115 g/mol. The lowest BCUT2D eigenvalue weighted by atomic mass is 10.1. The molecule has 1 unspecified atom stereocenters. The van der Waals surface area contributed by atoms with Gasteiger partial charge in [-0.25, -0.2) is 0 Å². The molecule has 1 aliphatic rings. The molecule has 1 aliphatic heterocycles. The van der Waals surface area contributed by atoms with Crippen molar-refractivity contribution in [1.29, 1.82) is 0 Å². The van der Waals surface area contributed by atoms with Gasteiger partial charge in [0.2, 0.25) is 0 Å². The number of aliphatic hydroxyl groups is 2. The topological polar surface area (TPSA) is 24.8 Å². The van der Waals surface area contributed by atoms with Crippen LogP contribution in [0.5, 0.6) is 0 Å². The third-order valence-corrected chi connectivity index (χ3v) is 1.55. The smallest absolute Gasteiger partial charge is 0.123 e. The highest BCUT2D eigenvalue weighted by Crippen LogP contribution is 2.05. The van der Waals surface area contributed by atoms with E-state index < -0.39 is 0 Å². The van der Waals surface area contributed by atoms with E-state index in [0.717, 1.165) is 19.1 Å². The Balaban J connectivity index is 2.06. The summed E-state index contributed by atoms with van der Waals surface area (Å²) in [7, 11) is 3.45. The predicted molar refractivity (Wildman–Crippen MR) is 33.4 cm³/mol. The number of rotatable bonds is 2. The van der Waals surface area contributed by atoms with Gasteiger partial charge < -0.3 is 10.1 Å². The molecule has 0 amide bonds. The highest BCUT2D eigenvalue weighted by atomic mass is 16.5. The molecule has 1 heterocycles. The van der Waals surface area contributed by atoms with Crippen LogP contribution in [0, 0.1) is 13.0 Å². The fourth-order valence-corrected chi connectivity index (χ4v) is 1.05. The van der Waals surface area contributed by atoms with Crippen molar-refractivity contribution in [3.05, 3.63) is 7.11 Å². The molecule has 0 aromatic carbocycles. The first kappa shape index (κ1) is 6.05. The first-order valence-corrected chi connectivity index (χ1v) is 3.06. The van der Waals surface area contributed by atoms with Crippen molar-refractivity contribution in [3.8, 4) is 0 Å². The lowest BCUT2D eigenvalue weighted by Crippen LogP contribution is -2.13. The van der Waals surface area contributed by atoms with Gasteiger partial charge in [-0.05, 0) is 13.0 Å². The van der Waals surface area contributed by atoms with E-state index in [9.17, 15) is 0 Å². The minimum Gasteiger partial charge on any atom is -0.581 e. The van der Waals surface area contributed by atoms with Gasteiger partial charge in [-0.3, -0.25) is 0 Å². The number of hydrogen-bond acceptors (Lipinski definition) is 1. The molecule has 0 bridgehead atoms. The molecule has 2 N–H and O–H groups in total. The summed E-state index contributed by atoms with van der Waals surface area (Å²) < 4.78 is 3.83. The second-order valence-electron chi connectivity index (χ2n) is 2.27. The molecule has 0 aliphatic carbocycles. The monoisotopic (exact) mass is 115 g/mol. The lowest BCUT2D eigenvalue weighted by molar-refractivity contribution is 0.0303. The molecule has 48 valence electrons. The van der Waals surface area contributed by atoms with Crippen LogP contribution < -0.4 is 5.32 Å². The second-order valence-corrected chi connectivity index (χ2v) is 2.27. The van der Waals surface area contributed by atoms with Crippen molar-refractivity contribution < 1.29 is 4.74 Å². The Bertz CT molecular complexity index is 59.5. The van der Waals surface area contributed by atoms with Gasteiger partial charge in [0.25, 0.3) is 0 Å². The maximum absolute atomic E-state index is 3.83. The molecule has 2 nitrogen and oxygen atoms in total. The first-order valence-electron chi connectivity index (χ1n) is 3.06. The van der Waals surface area contributed by atoms with Crippen LogP contribution in [0.4, 0.5) is 0 Å². The molecule has 1 atom stereocenters. The van der Waals surface area contributed by atoms with Gasteiger partial charge in [-0.1, -0.05) is 7.11 Å². The van der Waals surface area contributed by atoms with Gasteiger partial charge in [0.05, 0.1) is 0 Å². The maximum atomic E-state index is 3.83. The Hall–Kier alpha value is -0.0800. The summed E-state index contributed by atoms with van der Waals surface area (Å²) in [4.78, 5) is 0. The van der Waals surface area contributed by atoms with E-state index in [2.05, 4.69) is 17.2 Å². The molecule has 0 saturated carbocycles. The lowest BCUT2D eigenvalue weighted by Gasteiger charge is -2.04. The first-order chi connectivity index (χ1) is 3.93. The van der Waals surface area contributed by atoms with Gasteiger partial charge in [0.1, 0.15) is 6.61 Å². The Morgan fingerprint density at radius 2 is 2.62 bits per heavy atom. The van der Waals surface area contributed by atoms with Crippen LogP contribution in [0.25, 0.3) is 0 Å². The van der Waals surface area contributed by atoms with Crippen molar-refractivity contribution in [2.45, 2.75) is 6.42 Å². The SMILES string of the molecule is [CH2-][OH+]CC1CCNC1. The Labute approximate surface area is 50.2 Å². The standard InChI is InChI=1S/C6H13NO/c1-8-5-6-2-3-7-4-6/h6-8H,1-5H2. The largest absolute Gasteiger partial charge is 0.581 e. The quantitative estimate of drug-likeness (QED) is 0.395.